The molecular weight excluding hydrogens is 347 g/mol. The zero-order valence-electron chi connectivity index (χ0n) is 14.2. The molecule has 5 aromatic rings. The number of hydrogen-bond donors (Lipinski definition) is 1. The predicted octanol–water partition coefficient (Wildman–Crippen LogP) is 3.91. The van der Waals surface area contributed by atoms with E-state index in [2.05, 4.69) is 25.4 Å². The van der Waals surface area contributed by atoms with Crippen LogP contribution in [0.1, 0.15) is 5.69 Å². The van der Waals surface area contributed by atoms with Gasteiger partial charge in [-0.15, -0.1) is 5.10 Å². The number of aromatic nitrogens is 6. The van der Waals surface area contributed by atoms with Gasteiger partial charge in [0, 0.05) is 17.3 Å². The van der Waals surface area contributed by atoms with Crippen LogP contribution in [-0.4, -0.2) is 30.1 Å². The van der Waals surface area contributed by atoms with Crippen molar-refractivity contribution in [2.75, 3.05) is 0 Å². The lowest BCUT2D eigenvalue weighted by Gasteiger charge is -2.02. The van der Waals surface area contributed by atoms with Crippen molar-refractivity contribution >= 4 is 10.9 Å². The summed E-state index contributed by atoms with van der Waals surface area (Å²) in [5.74, 6) is 0.443. The number of aromatic amines is 1. The van der Waals surface area contributed by atoms with Crippen LogP contribution in [0.3, 0.4) is 0 Å². The molecule has 5 rings (SSSR count). The molecule has 0 amide bonds. The number of nitrogens with one attached hydrogen (secondary N) is 1. The number of halogens is 1. The first-order valence-electron chi connectivity index (χ1n) is 8.29. The summed E-state index contributed by atoms with van der Waals surface area (Å²) in [7, 11) is 0. The molecule has 0 aliphatic heterocycles. The third-order valence-electron chi connectivity index (χ3n) is 4.41. The fourth-order valence-corrected chi connectivity index (χ4v) is 2.98. The van der Waals surface area contributed by atoms with Crippen molar-refractivity contribution in [2.45, 2.75) is 6.92 Å². The number of rotatable bonds is 3. The van der Waals surface area contributed by atoms with Gasteiger partial charge in [-0.3, -0.25) is 0 Å². The molecule has 0 atom stereocenters. The van der Waals surface area contributed by atoms with Crippen LogP contribution >= 0.6 is 0 Å². The highest BCUT2D eigenvalue weighted by Gasteiger charge is 2.18. The first-order valence-corrected chi connectivity index (χ1v) is 8.29. The molecule has 0 saturated carbocycles. The summed E-state index contributed by atoms with van der Waals surface area (Å²) in [6.07, 6.45) is 1.88. The van der Waals surface area contributed by atoms with Gasteiger partial charge in [0.15, 0.2) is 5.69 Å². The molecule has 3 heterocycles. The molecule has 132 valence electrons. The van der Waals surface area contributed by atoms with Crippen LogP contribution in [0.25, 0.3) is 39.6 Å². The average Bonchev–Trinajstić information content (AvgIpc) is 3.41. The Balaban J connectivity index is 1.52. The summed E-state index contributed by atoms with van der Waals surface area (Å²) in [6.45, 7) is 1.85. The largest absolute Gasteiger partial charge is 0.361 e. The van der Waals surface area contributed by atoms with Crippen molar-refractivity contribution in [1.82, 2.24) is 30.1 Å². The van der Waals surface area contributed by atoms with E-state index in [4.69, 9.17) is 4.52 Å². The molecule has 0 unspecified atom stereocenters. The van der Waals surface area contributed by atoms with Crippen LogP contribution in [0.5, 0.6) is 0 Å². The SMILES string of the molecule is Cc1c(-c2noc(-c3ccc4cc[nH]c4c3)n2)nnn1-c1ccc(F)cc1. The van der Waals surface area contributed by atoms with Gasteiger partial charge in [0.1, 0.15) is 5.82 Å². The van der Waals surface area contributed by atoms with E-state index in [0.29, 0.717) is 23.1 Å². The smallest absolute Gasteiger partial charge is 0.258 e. The van der Waals surface area contributed by atoms with Crippen LogP contribution in [0.15, 0.2) is 59.3 Å². The summed E-state index contributed by atoms with van der Waals surface area (Å²) in [5, 5.41) is 13.4. The van der Waals surface area contributed by atoms with Gasteiger partial charge < -0.3 is 9.51 Å². The number of benzene rings is 2. The molecule has 0 aliphatic rings. The van der Waals surface area contributed by atoms with Crippen molar-refractivity contribution in [3.63, 3.8) is 0 Å². The van der Waals surface area contributed by atoms with Crippen molar-refractivity contribution in [1.29, 1.82) is 0 Å². The van der Waals surface area contributed by atoms with Crippen molar-refractivity contribution in [2.24, 2.45) is 0 Å². The van der Waals surface area contributed by atoms with E-state index in [9.17, 15) is 4.39 Å². The Kier molecular flexibility index (Phi) is 3.36. The summed E-state index contributed by atoms with van der Waals surface area (Å²) in [6, 6.07) is 13.9. The fraction of sp³-hybridized carbons (Fsp3) is 0.0526. The molecule has 0 spiro atoms. The normalized spacial score (nSPS) is 11.3. The lowest BCUT2D eigenvalue weighted by atomic mass is 10.1. The molecule has 0 radical (unpaired) electrons. The lowest BCUT2D eigenvalue weighted by molar-refractivity contribution is 0.432. The van der Waals surface area contributed by atoms with Gasteiger partial charge in [-0.05, 0) is 54.8 Å². The highest BCUT2D eigenvalue weighted by atomic mass is 19.1. The van der Waals surface area contributed by atoms with Crippen LogP contribution in [-0.2, 0) is 0 Å². The van der Waals surface area contributed by atoms with Gasteiger partial charge in [0.05, 0.1) is 11.4 Å². The maximum atomic E-state index is 13.1. The molecule has 7 nitrogen and oxygen atoms in total. The Hall–Kier alpha value is -3.81. The van der Waals surface area contributed by atoms with Crippen molar-refractivity contribution < 1.29 is 8.91 Å². The van der Waals surface area contributed by atoms with E-state index < -0.39 is 0 Å². The van der Waals surface area contributed by atoms with E-state index in [1.165, 1.54) is 12.1 Å². The highest BCUT2D eigenvalue weighted by molar-refractivity contribution is 5.83. The highest BCUT2D eigenvalue weighted by Crippen LogP contribution is 2.26. The summed E-state index contributed by atoms with van der Waals surface area (Å²) >= 11 is 0. The maximum absolute atomic E-state index is 13.1. The van der Waals surface area contributed by atoms with Crippen LogP contribution < -0.4 is 0 Å². The quantitative estimate of drug-likeness (QED) is 0.527. The predicted molar refractivity (Wildman–Crippen MR) is 96.6 cm³/mol. The first-order chi connectivity index (χ1) is 13.2. The van der Waals surface area contributed by atoms with E-state index in [1.54, 1.807) is 16.8 Å². The monoisotopic (exact) mass is 360 g/mol. The molecule has 3 aromatic heterocycles. The molecule has 2 aromatic carbocycles. The zero-order chi connectivity index (χ0) is 18.4. The Morgan fingerprint density at radius 1 is 1.07 bits per heavy atom. The Labute approximate surface area is 152 Å². The van der Waals surface area contributed by atoms with Gasteiger partial charge in [-0.25, -0.2) is 9.07 Å². The van der Waals surface area contributed by atoms with Gasteiger partial charge in [0.25, 0.3) is 5.89 Å². The molecule has 0 aliphatic carbocycles. The van der Waals surface area contributed by atoms with Crippen LogP contribution in [0.2, 0.25) is 0 Å². The molecule has 27 heavy (non-hydrogen) atoms. The van der Waals surface area contributed by atoms with E-state index in [1.807, 2.05) is 37.4 Å². The minimum absolute atomic E-state index is 0.307. The minimum atomic E-state index is -0.307. The molecule has 1 N–H and O–H groups in total. The second-order valence-electron chi connectivity index (χ2n) is 6.11. The number of fused-ring (bicyclic) bond motifs is 1. The van der Waals surface area contributed by atoms with E-state index in [-0.39, 0.29) is 5.82 Å². The Bertz CT molecular complexity index is 1250. The Morgan fingerprint density at radius 3 is 2.78 bits per heavy atom. The second kappa shape index (κ2) is 5.87. The Morgan fingerprint density at radius 2 is 1.93 bits per heavy atom. The number of hydrogen-bond acceptors (Lipinski definition) is 5. The lowest BCUT2D eigenvalue weighted by Crippen LogP contribution is -1.99. The van der Waals surface area contributed by atoms with Gasteiger partial charge in [-0.1, -0.05) is 16.4 Å². The maximum Gasteiger partial charge on any atom is 0.258 e. The molecule has 0 bridgehead atoms. The molecule has 8 heteroatoms. The number of H-pyrrole nitrogens is 1. The van der Waals surface area contributed by atoms with Gasteiger partial charge in [-0.2, -0.15) is 4.98 Å². The standard InChI is InChI=1S/C19H13FN6O/c1-11-17(23-25-26(11)15-6-4-14(20)5-7-15)18-22-19(27-24-18)13-3-2-12-8-9-21-16(12)10-13/h2-10,21H,1H3. The molecule has 0 saturated heterocycles. The van der Waals surface area contributed by atoms with Crippen LogP contribution in [0, 0.1) is 12.7 Å². The average molecular weight is 360 g/mol. The summed E-state index contributed by atoms with van der Waals surface area (Å²) in [4.78, 5) is 7.62. The van der Waals surface area contributed by atoms with Crippen molar-refractivity contribution in [3.8, 4) is 28.7 Å². The summed E-state index contributed by atoms with van der Waals surface area (Å²) in [5.41, 5.74) is 3.75. The third-order valence-corrected chi connectivity index (χ3v) is 4.41. The van der Waals surface area contributed by atoms with Crippen LogP contribution in [0.4, 0.5) is 4.39 Å². The number of nitrogens with zero attached hydrogens (tertiary/aromatic N) is 5. The second-order valence-corrected chi connectivity index (χ2v) is 6.11. The molecular formula is C19H13FN6O. The molecule has 0 fully saturated rings. The van der Waals surface area contributed by atoms with Gasteiger partial charge >= 0.3 is 0 Å². The minimum Gasteiger partial charge on any atom is -0.361 e. The van der Waals surface area contributed by atoms with E-state index >= 15 is 0 Å². The zero-order valence-corrected chi connectivity index (χ0v) is 14.2. The van der Waals surface area contributed by atoms with Crippen molar-refractivity contribution in [3.05, 3.63) is 66.2 Å². The fourth-order valence-electron chi connectivity index (χ4n) is 2.98. The van der Waals surface area contributed by atoms with E-state index in [0.717, 1.165) is 22.2 Å². The topological polar surface area (TPSA) is 85.4 Å². The first kappa shape index (κ1) is 15.4. The van der Waals surface area contributed by atoms with Gasteiger partial charge in [0.2, 0.25) is 5.82 Å². The summed E-state index contributed by atoms with van der Waals surface area (Å²) < 4.78 is 20.2. The third kappa shape index (κ3) is 2.58.